The predicted molar refractivity (Wildman–Crippen MR) is 130 cm³/mol. The Morgan fingerprint density at radius 3 is 2.67 bits per heavy atom. The van der Waals surface area contributed by atoms with E-state index in [1.807, 2.05) is 6.07 Å². The van der Waals surface area contributed by atoms with Gasteiger partial charge in [0.1, 0.15) is 5.75 Å². The van der Waals surface area contributed by atoms with Gasteiger partial charge in [-0.3, -0.25) is 4.79 Å². The smallest absolute Gasteiger partial charge is 0.224 e. The molecule has 1 aliphatic rings. The molecule has 0 saturated carbocycles. The van der Waals surface area contributed by atoms with Gasteiger partial charge in [0.25, 0.3) is 0 Å². The van der Waals surface area contributed by atoms with Crippen molar-refractivity contribution in [2.45, 2.75) is 45.4 Å². The highest BCUT2D eigenvalue weighted by Crippen LogP contribution is 2.30. The van der Waals surface area contributed by atoms with Crippen LogP contribution in [0.2, 0.25) is 0 Å². The Hall–Kier alpha value is -3.12. The third-order valence-electron chi connectivity index (χ3n) is 6.41. The molecule has 0 aliphatic carbocycles. The molecule has 3 aromatic rings. The lowest BCUT2D eigenvalue weighted by Gasteiger charge is -2.31. The lowest BCUT2D eigenvalue weighted by atomic mass is 9.81. The highest BCUT2D eigenvalue weighted by atomic mass is 16.5. The lowest BCUT2D eigenvalue weighted by molar-refractivity contribution is -0.117. The Labute approximate surface area is 195 Å². The van der Waals surface area contributed by atoms with Crippen LogP contribution < -0.4 is 10.6 Å². The van der Waals surface area contributed by atoms with Crippen LogP contribution in [-0.4, -0.2) is 29.3 Å². The first kappa shape index (κ1) is 23.1. The molecule has 2 heterocycles. The number of nitrogens with zero attached hydrogens (tertiary/aromatic N) is 1. The maximum atomic E-state index is 12.6. The molecule has 0 spiro atoms. The summed E-state index contributed by atoms with van der Waals surface area (Å²) in [7, 11) is 0. The van der Waals surface area contributed by atoms with Gasteiger partial charge in [-0.25, -0.2) is 0 Å². The largest absolute Gasteiger partial charge is 0.508 e. The molecule has 2 atom stereocenters. The zero-order valence-corrected chi connectivity index (χ0v) is 19.6. The van der Waals surface area contributed by atoms with E-state index in [4.69, 9.17) is 4.52 Å². The second-order valence-electron chi connectivity index (χ2n) is 10.0. The zero-order valence-electron chi connectivity index (χ0n) is 19.6. The molecule has 1 aromatic heterocycles. The van der Waals surface area contributed by atoms with Gasteiger partial charge in [0.15, 0.2) is 5.76 Å². The Balaban J connectivity index is 1.39. The normalized spacial score (nSPS) is 18.8. The van der Waals surface area contributed by atoms with Crippen LogP contribution in [-0.2, 0) is 16.6 Å². The summed E-state index contributed by atoms with van der Waals surface area (Å²) in [6.45, 7) is 8.37. The Morgan fingerprint density at radius 1 is 1.15 bits per heavy atom. The van der Waals surface area contributed by atoms with Crippen molar-refractivity contribution in [2.24, 2.45) is 11.8 Å². The number of piperidine rings is 1. The Kier molecular flexibility index (Phi) is 6.84. The van der Waals surface area contributed by atoms with Gasteiger partial charge in [0.05, 0.1) is 5.69 Å². The number of hydrogen-bond acceptors (Lipinski definition) is 5. The molecule has 33 heavy (non-hydrogen) atoms. The van der Waals surface area contributed by atoms with Crippen molar-refractivity contribution in [3.05, 3.63) is 65.9 Å². The predicted octanol–water partition coefficient (Wildman–Crippen LogP) is 5.14. The van der Waals surface area contributed by atoms with Crippen LogP contribution in [0, 0.1) is 11.8 Å². The summed E-state index contributed by atoms with van der Waals surface area (Å²) in [6.07, 6.45) is 2.15. The number of anilines is 1. The minimum absolute atomic E-state index is 0.0303. The molecule has 1 fully saturated rings. The third kappa shape index (κ3) is 6.02. The van der Waals surface area contributed by atoms with Crippen molar-refractivity contribution in [1.82, 2.24) is 10.5 Å². The number of carbonyl (C=O) groups is 1. The van der Waals surface area contributed by atoms with E-state index in [9.17, 15) is 9.90 Å². The monoisotopic (exact) mass is 447 g/mol. The van der Waals surface area contributed by atoms with E-state index in [2.05, 4.69) is 60.8 Å². The maximum absolute atomic E-state index is 12.6. The second-order valence-corrected chi connectivity index (χ2v) is 10.0. The summed E-state index contributed by atoms with van der Waals surface area (Å²) >= 11 is 0. The molecule has 4 rings (SSSR count). The van der Waals surface area contributed by atoms with Crippen LogP contribution in [0.25, 0.3) is 11.3 Å². The average molecular weight is 448 g/mol. The fourth-order valence-electron chi connectivity index (χ4n) is 4.47. The van der Waals surface area contributed by atoms with Crippen molar-refractivity contribution >= 4 is 11.6 Å². The van der Waals surface area contributed by atoms with Gasteiger partial charge in [0, 0.05) is 29.8 Å². The number of phenolic OH excluding ortho intramolecular Hbond substituents is 1. The fraction of sp³-hybridized carbons (Fsp3) is 0.407. The number of aromatic hydroxyl groups is 1. The van der Waals surface area contributed by atoms with Gasteiger partial charge >= 0.3 is 0 Å². The maximum Gasteiger partial charge on any atom is 0.224 e. The van der Waals surface area contributed by atoms with Crippen LogP contribution in [0.15, 0.2) is 59.1 Å². The molecular weight excluding hydrogens is 414 g/mol. The SMILES string of the molecule is CC(C)(C)c1ccc(-c2cc(C[C@H]3CNCC[C@H]3CC(=O)Nc3cccc(O)c3)no2)cc1. The summed E-state index contributed by atoms with van der Waals surface area (Å²) in [5, 5.41) is 20.3. The van der Waals surface area contributed by atoms with Crippen LogP contribution in [0.5, 0.6) is 5.75 Å². The van der Waals surface area contributed by atoms with Crippen LogP contribution in [0.4, 0.5) is 5.69 Å². The van der Waals surface area contributed by atoms with E-state index in [0.717, 1.165) is 42.9 Å². The Morgan fingerprint density at radius 2 is 1.94 bits per heavy atom. The molecule has 6 heteroatoms. The van der Waals surface area contributed by atoms with E-state index in [-0.39, 0.29) is 23.0 Å². The first-order chi connectivity index (χ1) is 15.8. The molecule has 1 amide bonds. The minimum atomic E-state index is -0.0303. The number of benzene rings is 2. The van der Waals surface area contributed by atoms with Crippen LogP contribution in [0.1, 0.15) is 44.9 Å². The number of aromatic nitrogens is 1. The van der Waals surface area contributed by atoms with Crippen molar-refractivity contribution in [3.63, 3.8) is 0 Å². The van der Waals surface area contributed by atoms with E-state index < -0.39 is 0 Å². The summed E-state index contributed by atoms with van der Waals surface area (Å²) < 4.78 is 5.65. The first-order valence-corrected chi connectivity index (χ1v) is 11.6. The van der Waals surface area contributed by atoms with E-state index in [1.54, 1.807) is 24.3 Å². The number of rotatable bonds is 6. The number of phenols is 1. The molecule has 0 radical (unpaired) electrons. The van der Waals surface area contributed by atoms with Gasteiger partial charge < -0.3 is 20.3 Å². The topological polar surface area (TPSA) is 87.4 Å². The van der Waals surface area contributed by atoms with Gasteiger partial charge in [-0.2, -0.15) is 0 Å². The third-order valence-corrected chi connectivity index (χ3v) is 6.41. The quantitative estimate of drug-likeness (QED) is 0.487. The molecule has 3 N–H and O–H groups in total. The summed E-state index contributed by atoms with van der Waals surface area (Å²) in [5.74, 6) is 1.44. The van der Waals surface area contributed by atoms with Gasteiger partial charge in [-0.1, -0.05) is 56.3 Å². The van der Waals surface area contributed by atoms with Gasteiger partial charge in [0.2, 0.25) is 5.91 Å². The molecule has 0 unspecified atom stereocenters. The number of hydrogen-bond donors (Lipinski definition) is 3. The Bertz CT molecular complexity index is 1080. The average Bonchev–Trinajstić information content (AvgIpc) is 3.23. The molecule has 1 aliphatic heterocycles. The molecule has 174 valence electrons. The molecule has 1 saturated heterocycles. The van der Waals surface area contributed by atoms with E-state index >= 15 is 0 Å². The van der Waals surface area contributed by atoms with E-state index in [1.165, 1.54) is 5.56 Å². The number of nitrogens with one attached hydrogen (secondary N) is 2. The minimum Gasteiger partial charge on any atom is -0.508 e. The second kappa shape index (κ2) is 9.79. The fourth-order valence-corrected chi connectivity index (χ4v) is 4.47. The van der Waals surface area contributed by atoms with Crippen molar-refractivity contribution < 1.29 is 14.4 Å². The van der Waals surface area contributed by atoms with Crippen molar-refractivity contribution in [2.75, 3.05) is 18.4 Å². The van der Waals surface area contributed by atoms with E-state index in [0.29, 0.717) is 18.0 Å². The van der Waals surface area contributed by atoms with Crippen LogP contribution >= 0.6 is 0 Å². The molecule has 2 aromatic carbocycles. The summed E-state index contributed by atoms with van der Waals surface area (Å²) in [4.78, 5) is 12.6. The lowest BCUT2D eigenvalue weighted by Crippen LogP contribution is -2.39. The number of amides is 1. The van der Waals surface area contributed by atoms with Gasteiger partial charge in [-0.15, -0.1) is 0 Å². The molecule has 0 bridgehead atoms. The molecule has 6 nitrogen and oxygen atoms in total. The molecular formula is C27H33N3O3. The van der Waals surface area contributed by atoms with Crippen LogP contribution in [0.3, 0.4) is 0 Å². The first-order valence-electron chi connectivity index (χ1n) is 11.6. The summed E-state index contributed by atoms with van der Waals surface area (Å²) in [5.41, 5.74) is 3.94. The number of carbonyl (C=O) groups excluding carboxylic acids is 1. The highest BCUT2D eigenvalue weighted by Gasteiger charge is 2.28. The standard InChI is InChI=1S/C27H33N3O3/c1-27(2,3)21-9-7-18(8-10-21)25-16-23(30-33-25)13-20-17-28-12-11-19(20)14-26(32)29-22-5-4-6-24(31)15-22/h4-10,15-16,19-20,28,31H,11-14,17H2,1-3H3,(H,29,32)/t19-,20-/m0/s1. The van der Waals surface area contributed by atoms with Crippen molar-refractivity contribution in [1.29, 1.82) is 0 Å². The van der Waals surface area contributed by atoms with Gasteiger partial charge in [-0.05, 0) is 60.9 Å². The summed E-state index contributed by atoms with van der Waals surface area (Å²) in [6, 6.07) is 17.1. The van der Waals surface area contributed by atoms with Crippen molar-refractivity contribution in [3.8, 4) is 17.1 Å². The zero-order chi connectivity index (χ0) is 23.4. The highest BCUT2D eigenvalue weighted by molar-refractivity contribution is 5.91.